The minimum Gasteiger partial charge on any atom is -0.478 e. The number of carboxylic acids is 1. The smallest absolute Gasteiger partial charge is 0.335 e. The zero-order valence-corrected chi connectivity index (χ0v) is 14.7. The van der Waals surface area contributed by atoms with Crippen molar-refractivity contribution in [3.8, 4) is 11.3 Å². The first-order chi connectivity index (χ1) is 12.4. The topological polar surface area (TPSA) is 110 Å². The van der Waals surface area contributed by atoms with Gasteiger partial charge in [-0.05, 0) is 31.2 Å². The molecular formula is C18H16N2O5S. The van der Waals surface area contributed by atoms with Gasteiger partial charge in [-0.1, -0.05) is 35.5 Å². The van der Waals surface area contributed by atoms with E-state index in [1.165, 1.54) is 24.3 Å². The first kappa shape index (κ1) is 17.8. The molecule has 0 aliphatic rings. The molecule has 3 rings (SSSR count). The number of hydrogen-bond donors (Lipinski definition) is 2. The highest BCUT2D eigenvalue weighted by Gasteiger charge is 2.18. The number of nitrogens with zero attached hydrogens (tertiary/aromatic N) is 1. The lowest BCUT2D eigenvalue weighted by atomic mass is 10.1. The second-order valence-electron chi connectivity index (χ2n) is 5.60. The van der Waals surface area contributed by atoms with Gasteiger partial charge in [0.15, 0.2) is 5.76 Å². The van der Waals surface area contributed by atoms with Gasteiger partial charge in [0.05, 0.1) is 17.0 Å². The highest BCUT2D eigenvalue weighted by atomic mass is 32.2. The maximum atomic E-state index is 12.4. The third-order valence-corrected chi connectivity index (χ3v) is 5.31. The van der Waals surface area contributed by atoms with Crippen molar-refractivity contribution >= 4 is 16.0 Å². The Kier molecular flexibility index (Phi) is 4.88. The fraction of sp³-hybridized carbons (Fsp3) is 0.111. The van der Waals surface area contributed by atoms with E-state index < -0.39 is 16.0 Å². The number of benzene rings is 2. The normalized spacial score (nSPS) is 11.4. The first-order valence-electron chi connectivity index (χ1n) is 7.72. The zero-order chi connectivity index (χ0) is 18.7. The van der Waals surface area contributed by atoms with Crippen LogP contribution in [0.3, 0.4) is 0 Å². The highest BCUT2D eigenvalue weighted by Crippen LogP contribution is 2.25. The van der Waals surface area contributed by atoms with Crippen LogP contribution in [-0.2, 0) is 16.6 Å². The number of aromatic carboxylic acids is 1. The molecule has 0 saturated carbocycles. The Labute approximate surface area is 150 Å². The van der Waals surface area contributed by atoms with Crippen molar-refractivity contribution in [3.05, 3.63) is 71.4 Å². The molecule has 0 bridgehead atoms. The lowest BCUT2D eigenvalue weighted by Gasteiger charge is -2.06. The fourth-order valence-corrected chi connectivity index (χ4v) is 3.40. The van der Waals surface area contributed by atoms with Gasteiger partial charge < -0.3 is 9.63 Å². The van der Waals surface area contributed by atoms with Crippen LogP contribution in [0.4, 0.5) is 0 Å². The monoisotopic (exact) mass is 372 g/mol. The second-order valence-corrected chi connectivity index (χ2v) is 7.37. The van der Waals surface area contributed by atoms with Gasteiger partial charge in [-0.3, -0.25) is 0 Å². The molecule has 0 aliphatic carbocycles. The third kappa shape index (κ3) is 3.66. The van der Waals surface area contributed by atoms with Crippen LogP contribution >= 0.6 is 0 Å². The van der Waals surface area contributed by atoms with Crippen molar-refractivity contribution in [1.82, 2.24) is 9.88 Å². The van der Waals surface area contributed by atoms with Crippen LogP contribution in [-0.4, -0.2) is 24.7 Å². The summed E-state index contributed by atoms with van der Waals surface area (Å²) in [6.07, 6.45) is 0. The lowest BCUT2D eigenvalue weighted by molar-refractivity contribution is 0.0696. The molecule has 0 atom stereocenters. The Hall–Kier alpha value is -2.97. The van der Waals surface area contributed by atoms with E-state index in [1.54, 1.807) is 0 Å². The Bertz CT molecular complexity index is 1030. The first-order valence-corrected chi connectivity index (χ1v) is 9.20. The average molecular weight is 372 g/mol. The maximum Gasteiger partial charge on any atom is 0.335 e. The minimum absolute atomic E-state index is 0.0174. The van der Waals surface area contributed by atoms with E-state index in [2.05, 4.69) is 9.88 Å². The highest BCUT2D eigenvalue weighted by molar-refractivity contribution is 7.89. The maximum absolute atomic E-state index is 12.4. The Morgan fingerprint density at radius 2 is 1.77 bits per heavy atom. The van der Waals surface area contributed by atoms with Crippen LogP contribution in [0.15, 0.2) is 64.0 Å². The average Bonchev–Trinajstić information content (AvgIpc) is 3.01. The third-order valence-electron chi connectivity index (χ3n) is 3.90. The molecular weight excluding hydrogens is 356 g/mol. The minimum atomic E-state index is -3.80. The number of sulfonamides is 1. The van der Waals surface area contributed by atoms with Gasteiger partial charge in [0.1, 0.15) is 5.69 Å². The van der Waals surface area contributed by atoms with Gasteiger partial charge in [0, 0.05) is 11.1 Å². The second kappa shape index (κ2) is 7.11. The van der Waals surface area contributed by atoms with Crippen molar-refractivity contribution < 1.29 is 22.8 Å². The summed E-state index contributed by atoms with van der Waals surface area (Å²) >= 11 is 0. The summed E-state index contributed by atoms with van der Waals surface area (Å²) in [5, 5.41) is 12.8. The van der Waals surface area contributed by atoms with E-state index in [0.717, 1.165) is 11.1 Å². The molecule has 0 saturated heterocycles. The molecule has 1 aromatic heterocycles. The predicted octanol–water partition coefficient (Wildman–Crippen LogP) is 2.83. The van der Waals surface area contributed by atoms with Gasteiger partial charge in [0.2, 0.25) is 10.0 Å². The van der Waals surface area contributed by atoms with E-state index in [0.29, 0.717) is 11.5 Å². The summed E-state index contributed by atoms with van der Waals surface area (Å²) in [6.45, 7) is 1.77. The van der Waals surface area contributed by atoms with Gasteiger partial charge in [-0.2, -0.15) is 0 Å². The largest absolute Gasteiger partial charge is 0.478 e. The van der Waals surface area contributed by atoms with Crippen LogP contribution in [0.1, 0.15) is 21.6 Å². The Morgan fingerprint density at radius 3 is 2.38 bits per heavy atom. The van der Waals surface area contributed by atoms with Crippen molar-refractivity contribution in [3.63, 3.8) is 0 Å². The van der Waals surface area contributed by atoms with Gasteiger partial charge in [-0.25, -0.2) is 17.9 Å². The van der Waals surface area contributed by atoms with Crippen molar-refractivity contribution in [2.45, 2.75) is 18.4 Å². The summed E-state index contributed by atoms with van der Waals surface area (Å²) in [4.78, 5) is 10.8. The van der Waals surface area contributed by atoms with Crippen LogP contribution < -0.4 is 4.72 Å². The van der Waals surface area contributed by atoms with Crippen molar-refractivity contribution in [2.24, 2.45) is 0 Å². The van der Waals surface area contributed by atoms with Crippen LogP contribution in [0.5, 0.6) is 0 Å². The van der Waals surface area contributed by atoms with Crippen LogP contribution in [0, 0.1) is 6.92 Å². The lowest BCUT2D eigenvalue weighted by Crippen LogP contribution is -2.23. The number of hydrogen-bond acceptors (Lipinski definition) is 5. The molecule has 0 aliphatic heterocycles. The zero-order valence-electron chi connectivity index (χ0n) is 13.8. The van der Waals surface area contributed by atoms with E-state index in [4.69, 9.17) is 9.63 Å². The SMILES string of the molecule is Cc1c(CNS(=O)(=O)c2ccc(C(=O)O)cc2)noc1-c1ccccc1. The molecule has 2 aromatic carbocycles. The quantitative estimate of drug-likeness (QED) is 0.688. The molecule has 0 unspecified atom stereocenters. The van der Waals surface area contributed by atoms with E-state index in [1.807, 2.05) is 37.3 Å². The summed E-state index contributed by atoms with van der Waals surface area (Å²) in [6, 6.07) is 14.4. The molecule has 2 N–H and O–H groups in total. The molecule has 0 amide bonds. The fourth-order valence-electron chi connectivity index (χ4n) is 2.42. The molecule has 7 nitrogen and oxygen atoms in total. The molecule has 0 spiro atoms. The summed E-state index contributed by atoms with van der Waals surface area (Å²) in [5.74, 6) is -0.529. The Morgan fingerprint density at radius 1 is 1.12 bits per heavy atom. The predicted molar refractivity (Wildman–Crippen MR) is 94.1 cm³/mol. The molecule has 8 heteroatoms. The van der Waals surface area contributed by atoms with Crippen molar-refractivity contribution in [2.75, 3.05) is 0 Å². The van der Waals surface area contributed by atoms with Gasteiger partial charge in [0.25, 0.3) is 0 Å². The van der Waals surface area contributed by atoms with E-state index in [-0.39, 0.29) is 17.0 Å². The van der Waals surface area contributed by atoms with Gasteiger partial charge in [-0.15, -0.1) is 0 Å². The number of carbonyl (C=O) groups is 1. The Balaban J connectivity index is 1.76. The van der Waals surface area contributed by atoms with E-state index in [9.17, 15) is 13.2 Å². The summed E-state index contributed by atoms with van der Waals surface area (Å²) in [7, 11) is -3.80. The van der Waals surface area contributed by atoms with E-state index >= 15 is 0 Å². The standard InChI is InChI=1S/C18H16N2O5S/c1-12-16(20-25-17(12)13-5-3-2-4-6-13)11-19-26(23,24)15-9-7-14(8-10-15)18(21)22/h2-10,19H,11H2,1H3,(H,21,22). The number of nitrogens with one attached hydrogen (secondary N) is 1. The molecule has 0 radical (unpaired) electrons. The van der Waals surface area contributed by atoms with Crippen LogP contribution in [0.25, 0.3) is 11.3 Å². The van der Waals surface area contributed by atoms with Gasteiger partial charge >= 0.3 is 5.97 Å². The number of rotatable bonds is 6. The molecule has 26 heavy (non-hydrogen) atoms. The van der Waals surface area contributed by atoms with Crippen molar-refractivity contribution in [1.29, 1.82) is 0 Å². The molecule has 1 heterocycles. The number of carboxylic acid groups (broad SMARTS) is 1. The molecule has 3 aromatic rings. The molecule has 0 fully saturated rings. The summed E-state index contributed by atoms with van der Waals surface area (Å²) in [5.41, 5.74) is 2.11. The van der Waals surface area contributed by atoms with Crippen LogP contribution in [0.2, 0.25) is 0 Å². The summed E-state index contributed by atoms with van der Waals surface area (Å²) < 4.78 is 32.5. The molecule has 134 valence electrons. The number of aromatic nitrogens is 1.